The van der Waals surface area contributed by atoms with Gasteiger partial charge in [0.1, 0.15) is 23.8 Å². The Morgan fingerprint density at radius 3 is 2.42 bits per heavy atom. The van der Waals surface area contributed by atoms with E-state index in [1.807, 2.05) is 44.2 Å². The monoisotopic (exact) mass is 490 g/mol. The zero-order valence-electron chi connectivity index (χ0n) is 20.4. The van der Waals surface area contributed by atoms with Gasteiger partial charge in [-0.3, -0.25) is 0 Å². The molecule has 0 aliphatic carbocycles. The van der Waals surface area contributed by atoms with Gasteiger partial charge in [0, 0.05) is 17.7 Å². The molecular weight excluding hydrogens is 464 g/mol. The van der Waals surface area contributed by atoms with Gasteiger partial charge >= 0.3 is 5.97 Å². The van der Waals surface area contributed by atoms with Crippen molar-refractivity contribution in [2.45, 2.75) is 27.1 Å². The first-order chi connectivity index (χ1) is 17.5. The summed E-state index contributed by atoms with van der Waals surface area (Å²) >= 11 is 0. The molecule has 0 bridgehead atoms. The van der Waals surface area contributed by atoms with Crippen LogP contribution in [0.15, 0.2) is 63.7 Å². The third-order valence-corrected chi connectivity index (χ3v) is 5.45. The molecule has 9 nitrogen and oxygen atoms in total. The number of nitrogens with zero attached hydrogens (tertiary/aromatic N) is 2. The molecule has 2 aromatic heterocycles. The van der Waals surface area contributed by atoms with Crippen LogP contribution in [0.4, 0.5) is 0 Å². The number of hydrogen-bond donors (Lipinski definition) is 0. The van der Waals surface area contributed by atoms with Gasteiger partial charge in [-0.15, -0.1) is 0 Å². The molecule has 0 radical (unpaired) electrons. The molecule has 0 aliphatic rings. The van der Waals surface area contributed by atoms with E-state index in [9.17, 15) is 4.79 Å². The average molecular weight is 491 g/mol. The molecule has 4 rings (SSSR count). The number of aromatic nitrogens is 2. The van der Waals surface area contributed by atoms with Crippen molar-refractivity contribution in [3.05, 3.63) is 82.9 Å². The summed E-state index contributed by atoms with van der Waals surface area (Å²) in [7, 11) is 3.16. The van der Waals surface area contributed by atoms with Gasteiger partial charge in [0.05, 0.1) is 25.5 Å². The number of carbonyl (C=O) groups is 1. The molecule has 0 fully saturated rings. The lowest BCUT2D eigenvalue weighted by atomic mass is 10.1. The summed E-state index contributed by atoms with van der Waals surface area (Å²) in [5.74, 6) is 2.48. The van der Waals surface area contributed by atoms with Crippen LogP contribution in [0.25, 0.3) is 17.3 Å². The Labute approximate surface area is 208 Å². The fourth-order valence-electron chi connectivity index (χ4n) is 3.40. The van der Waals surface area contributed by atoms with E-state index in [-0.39, 0.29) is 6.61 Å². The van der Waals surface area contributed by atoms with Gasteiger partial charge in [0.25, 0.3) is 0 Å². The first kappa shape index (κ1) is 24.6. The molecule has 0 atom stereocenters. The summed E-state index contributed by atoms with van der Waals surface area (Å²) in [5.41, 5.74) is 3.93. The van der Waals surface area contributed by atoms with Gasteiger partial charge in [0.15, 0.2) is 23.9 Å². The van der Waals surface area contributed by atoms with Crippen molar-refractivity contribution >= 4 is 12.0 Å². The van der Waals surface area contributed by atoms with Gasteiger partial charge in [-0.1, -0.05) is 16.4 Å². The summed E-state index contributed by atoms with van der Waals surface area (Å²) in [6, 6.07) is 14.5. The second-order valence-corrected chi connectivity index (χ2v) is 7.85. The second-order valence-electron chi connectivity index (χ2n) is 7.85. The molecule has 0 amide bonds. The van der Waals surface area contributed by atoms with Gasteiger partial charge in [0.2, 0.25) is 0 Å². The van der Waals surface area contributed by atoms with Crippen LogP contribution in [0.2, 0.25) is 0 Å². The zero-order chi connectivity index (χ0) is 25.5. The maximum atomic E-state index is 12.2. The van der Waals surface area contributed by atoms with Crippen LogP contribution in [0.5, 0.6) is 17.2 Å². The van der Waals surface area contributed by atoms with Crippen molar-refractivity contribution in [2.24, 2.45) is 0 Å². The summed E-state index contributed by atoms with van der Waals surface area (Å²) in [6.07, 6.45) is 2.96. The van der Waals surface area contributed by atoms with E-state index in [2.05, 4.69) is 10.3 Å². The third kappa shape index (κ3) is 5.93. The molecule has 0 spiro atoms. The highest BCUT2D eigenvalue weighted by molar-refractivity contribution is 5.87. The number of methoxy groups -OCH3 is 2. The quantitative estimate of drug-likeness (QED) is 0.216. The maximum Gasteiger partial charge on any atom is 0.331 e. The smallest absolute Gasteiger partial charge is 0.331 e. The Bertz CT molecular complexity index is 1330. The molecule has 0 N–H and O–H groups in total. The predicted molar refractivity (Wildman–Crippen MR) is 131 cm³/mol. The highest BCUT2D eigenvalue weighted by Crippen LogP contribution is 2.30. The number of carbonyl (C=O) groups excluding carboxylic acids is 1. The molecule has 0 saturated carbocycles. The summed E-state index contributed by atoms with van der Waals surface area (Å²) < 4.78 is 32.2. The van der Waals surface area contributed by atoms with Crippen molar-refractivity contribution < 1.29 is 32.8 Å². The number of esters is 1. The molecule has 9 heteroatoms. The zero-order valence-corrected chi connectivity index (χ0v) is 20.4. The van der Waals surface area contributed by atoms with Crippen molar-refractivity contribution in [3.8, 4) is 28.5 Å². The molecule has 36 heavy (non-hydrogen) atoms. The van der Waals surface area contributed by atoms with E-state index < -0.39 is 5.97 Å². The van der Waals surface area contributed by atoms with E-state index in [0.717, 1.165) is 28.1 Å². The highest BCUT2D eigenvalue weighted by atomic mass is 16.5. The highest BCUT2D eigenvalue weighted by Gasteiger charge is 2.12. The molecular formula is C27H26N2O7. The minimum atomic E-state index is -0.518. The second kappa shape index (κ2) is 11.3. The molecule has 0 saturated heterocycles. The van der Waals surface area contributed by atoms with Crippen LogP contribution >= 0.6 is 0 Å². The number of aryl methyl sites for hydroxylation is 2. The van der Waals surface area contributed by atoms with E-state index in [1.165, 1.54) is 6.08 Å². The maximum absolute atomic E-state index is 12.2. The van der Waals surface area contributed by atoms with Crippen LogP contribution in [0.1, 0.15) is 28.3 Å². The van der Waals surface area contributed by atoms with Crippen molar-refractivity contribution in [1.29, 1.82) is 0 Å². The number of ether oxygens (including phenoxy) is 4. The minimum absolute atomic E-state index is 0.0376. The van der Waals surface area contributed by atoms with Crippen molar-refractivity contribution in [2.75, 3.05) is 14.2 Å². The minimum Gasteiger partial charge on any atom is -0.497 e. The summed E-state index contributed by atoms with van der Waals surface area (Å²) in [4.78, 5) is 12.2. The normalized spacial score (nSPS) is 11.0. The van der Waals surface area contributed by atoms with Crippen LogP contribution in [-0.4, -0.2) is 30.5 Å². The molecule has 0 unspecified atom stereocenters. The number of benzene rings is 2. The van der Waals surface area contributed by atoms with Gasteiger partial charge in [-0.2, -0.15) is 0 Å². The van der Waals surface area contributed by atoms with Crippen molar-refractivity contribution in [1.82, 2.24) is 10.3 Å². The lowest BCUT2D eigenvalue weighted by Crippen LogP contribution is -2.00. The fourth-order valence-corrected chi connectivity index (χ4v) is 3.40. The van der Waals surface area contributed by atoms with Gasteiger partial charge in [-0.05, 0) is 61.9 Å². The molecule has 4 aromatic rings. The topological polar surface area (TPSA) is 106 Å². The van der Waals surface area contributed by atoms with E-state index in [1.54, 1.807) is 38.5 Å². The van der Waals surface area contributed by atoms with Crippen molar-refractivity contribution in [3.63, 3.8) is 0 Å². The molecule has 2 heterocycles. The average Bonchev–Trinajstić information content (AvgIpc) is 3.51. The van der Waals surface area contributed by atoms with E-state index in [0.29, 0.717) is 35.3 Å². The van der Waals surface area contributed by atoms with E-state index >= 15 is 0 Å². The van der Waals surface area contributed by atoms with Crippen LogP contribution in [0, 0.1) is 13.8 Å². The first-order valence-corrected chi connectivity index (χ1v) is 11.1. The lowest BCUT2D eigenvalue weighted by Gasteiger charge is -2.11. The van der Waals surface area contributed by atoms with E-state index in [4.69, 9.17) is 28.0 Å². The largest absolute Gasteiger partial charge is 0.497 e. The molecule has 186 valence electrons. The third-order valence-electron chi connectivity index (χ3n) is 5.45. The number of hydrogen-bond acceptors (Lipinski definition) is 9. The predicted octanol–water partition coefficient (Wildman–Crippen LogP) is 5.30. The fraction of sp³-hybridized carbons (Fsp3) is 0.222. The first-order valence-electron chi connectivity index (χ1n) is 11.1. The lowest BCUT2D eigenvalue weighted by molar-refractivity contribution is -0.139. The van der Waals surface area contributed by atoms with Gasteiger partial charge < -0.3 is 28.0 Å². The Kier molecular flexibility index (Phi) is 7.69. The van der Waals surface area contributed by atoms with Crippen LogP contribution in [-0.2, 0) is 22.7 Å². The number of rotatable bonds is 10. The summed E-state index contributed by atoms with van der Waals surface area (Å²) in [6.45, 7) is 3.97. The van der Waals surface area contributed by atoms with Gasteiger partial charge in [-0.25, -0.2) is 4.79 Å². The Balaban J connectivity index is 1.32. The Morgan fingerprint density at radius 1 is 0.917 bits per heavy atom. The molecule has 0 aliphatic heterocycles. The van der Waals surface area contributed by atoms with Crippen LogP contribution < -0.4 is 14.2 Å². The standard InChI is InChI=1S/C27H26N2O7/c1-17-23(18(2)35-28-17)16-33-25-11-5-19(13-26(25)32-4)6-12-27(30)34-15-22-14-24(29-36-22)20-7-9-21(31-3)10-8-20/h5-14H,15-16H2,1-4H3. The molecule has 2 aromatic carbocycles. The Morgan fingerprint density at radius 2 is 1.72 bits per heavy atom. The Hall–Kier alpha value is -4.53. The summed E-state index contributed by atoms with van der Waals surface area (Å²) in [5, 5.41) is 7.95. The SMILES string of the molecule is COc1ccc(-c2cc(COC(=O)C=Cc3ccc(OCc4c(C)noc4C)c(OC)c3)on2)cc1. The van der Waals surface area contributed by atoms with Crippen LogP contribution in [0.3, 0.4) is 0 Å².